The van der Waals surface area contributed by atoms with Crippen LogP contribution < -0.4 is 4.50 Å². The first-order chi connectivity index (χ1) is 15.4. The average molecular weight is 576 g/mol. The summed E-state index contributed by atoms with van der Waals surface area (Å²) in [6, 6.07) is 14.7. The second-order valence-corrected chi connectivity index (χ2v) is 20.9. The van der Waals surface area contributed by atoms with Crippen LogP contribution in [0.4, 0.5) is 0 Å². The fourth-order valence-electron chi connectivity index (χ4n) is 3.55. The monoisotopic (exact) mass is 574 g/mol. The van der Waals surface area contributed by atoms with Gasteiger partial charge in [-0.25, -0.2) is 0 Å². The molecule has 0 aliphatic rings. The Labute approximate surface area is 221 Å². The zero-order chi connectivity index (χ0) is 22.6. The number of unbranched alkanes of at least 4 members (excludes halogenated alkanes) is 5. The molecule has 4 aromatic rings. The SMILES string of the molecule is CCCCCCCCc1ccc(-c2ccc(-c3ccc(-c4ccc([Si](Cl)(Cl)Cl)s4)s3)s2)s1. The first-order valence-corrected chi connectivity index (χ1v) is 19.2. The number of hydrogen-bond acceptors (Lipinski definition) is 4. The van der Waals surface area contributed by atoms with E-state index in [4.69, 9.17) is 33.2 Å². The van der Waals surface area contributed by atoms with Crippen LogP contribution in [0.15, 0.2) is 48.5 Å². The number of thiophene rings is 4. The fraction of sp³-hybridized carbons (Fsp3) is 0.333. The van der Waals surface area contributed by atoms with Crippen LogP contribution in [0.5, 0.6) is 0 Å². The summed E-state index contributed by atoms with van der Waals surface area (Å²) in [6.07, 6.45) is 9.33. The number of rotatable bonds is 11. The van der Waals surface area contributed by atoms with E-state index in [1.807, 2.05) is 28.7 Å². The maximum atomic E-state index is 6.16. The second kappa shape index (κ2) is 11.5. The third-order valence-electron chi connectivity index (χ3n) is 5.26. The van der Waals surface area contributed by atoms with Gasteiger partial charge < -0.3 is 0 Å². The molecule has 32 heavy (non-hydrogen) atoms. The molecule has 0 atom stereocenters. The lowest BCUT2D eigenvalue weighted by Gasteiger charge is -2.02. The first-order valence-electron chi connectivity index (χ1n) is 10.9. The van der Waals surface area contributed by atoms with Crippen molar-refractivity contribution in [2.75, 3.05) is 0 Å². The molecule has 0 radical (unpaired) electrons. The molecule has 0 spiro atoms. The second-order valence-electron chi connectivity index (χ2n) is 7.77. The Morgan fingerprint density at radius 2 is 1.03 bits per heavy atom. The van der Waals surface area contributed by atoms with E-state index in [0.29, 0.717) is 0 Å². The van der Waals surface area contributed by atoms with Gasteiger partial charge in [-0.1, -0.05) is 39.0 Å². The van der Waals surface area contributed by atoms with E-state index in [1.54, 1.807) is 22.7 Å². The molecule has 0 nitrogen and oxygen atoms in total. The molecule has 0 aromatic carbocycles. The minimum Gasteiger partial charge on any atom is -0.140 e. The van der Waals surface area contributed by atoms with Crippen molar-refractivity contribution in [3.8, 4) is 29.3 Å². The Bertz CT molecular complexity index is 1130. The molecule has 0 saturated carbocycles. The summed E-state index contributed by atoms with van der Waals surface area (Å²) in [5.74, 6) is 0. The zero-order valence-corrected chi connectivity index (χ0v) is 24.4. The summed E-state index contributed by atoms with van der Waals surface area (Å²) in [4.78, 5) is 9.26. The van der Waals surface area contributed by atoms with Gasteiger partial charge in [-0.3, -0.25) is 0 Å². The van der Waals surface area contributed by atoms with E-state index in [-0.39, 0.29) is 0 Å². The molecule has 0 aliphatic carbocycles. The molecule has 4 aromatic heterocycles. The molecule has 8 heteroatoms. The van der Waals surface area contributed by atoms with E-state index in [9.17, 15) is 0 Å². The molecule has 0 N–H and O–H groups in total. The molecule has 4 heterocycles. The lowest BCUT2D eigenvalue weighted by Crippen LogP contribution is -2.26. The van der Waals surface area contributed by atoms with Gasteiger partial charge in [-0.05, 0) is 61.4 Å². The van der Waals surface area contributed by atoms with Crippen molar-refractivity contribution >= 4 is 89.1 Å². The van der Waals surface area contributed by atoms with Gasteiger partial charge >= 0.3 is 6.00 Å². The van der Waals surface area contributed by atoms with Gasteiger partial charge in [0.1, 0.15) is 0 Å². The summed E-state index contributed by atoms with van der Waals surface area (Å²) in [5, 5.41) is 0. The van der Waals surface area contributed by atoms with Gasteiger partial charge in [-0.2, -0.15) is 0 Å². The van der Waals surface area contributed by atoms with Gasteiger partial charge in [0.2, 0.25) is 0 Å². The maximum Gasteiger partial charge on any atom is 0.383 e. The fourth-order valence-corrected chi connectivity index (χ4v) is 10.3. The van der Waals surface area contributed by atoms with E-state index in [1.165, 1.54) is 79.1 Å². The van der Waals surface area contributed by atoms with Gasteiger partial charge in [-0.15, -0.1) is 78.6 Å². The Morgan fingerprint density at radius 1 is 0.562 bits per heavy atom. The number of halogens is 3. The minimum atomic E-state index is -2.81. The lowest BCUT2D eigenvalue weighted by atomic mass is 10.1. The molecular weight excluding hydrogens is 551 g/mol. The van der Waals surface area contributed by atoms with Crippen molar-refractivity contribution in [1.29, 1.82) is 0 Å². The molecule has 0 fully saturated rings. The third kappa shape index (κ3) is 6.51. The smallest absolute Gasteiger partial charge is 0.140 e. The molecule has 0 aliphatic heterocycles. The van der Waals surface area contributed by atoms with E-state index in [0.717, 1.165) is 4.50 Å². The van der Waals surface area contributed by atoms with E-state index >= 15 is 0 Å². The van der Waals surface area contributed by atoms with Crippen molar-refractivity contribution in [1.82, 2.24) is 0 Å². The molecule has 0 saturated heterocycles. The Kier molecular flexibility index (Phi) is 9.02. The average Bonchev–Trinajstić information content (AvgIpc) is 3.54. The summed E-state index contributed by atoms with van der Waals surface area (Å²) in [7, 11) is 0. The van der Waals surface area contributed by atoms with Crippen molar-refractivity contribution in [3.63, 3.8) is 0 Å². The Morgan fingerprint density at radius 3 is 1.59 bits per heavy atom. The van der Waals surface area contributed by atoms with E-state index in [2.05, 4.69) is 49.4 Å². The normalized spacial score (nSPS) is 12.0. The number of aryl methyl sites for hydroxylation is 1. The molecule has 0 bridgehead atoms. The van der Waals surface area contributed by atoms with Crippen LogP contribution in [0, 0.1) is 0 Å². The predicted molar refractivity (Wildman–Crippen MR) is 154 cm³/mol. The summed E-state index contributed by atoms with van der Waals surface area (Å²) < 4.78 is 0.889. The van der Waals surface area contributed by atoms with Crippen molar-refractivity contribution in [3.05, 3.63) is 53.4 Å². The third-order valence-corrected chi connectivity index (χ3v) is 14.9. The highest BCUT2D eigenvalue weighted by Gasteiger charge is 2.30. The standard InChI is InChI=1S/C24H25Cl3S4Si/c1-2-3-4-5-6-7-8-17-9-10-18(28-17)19-11-12-20(29-19)21-13-14-22(30-21)23-15-16-24(31-23)32(25,26)27/h9-16H,2-8H2,1H3. The quantitative estimate of drug-likeness (QED) is 0.0947. The highest BCUT2D eigenvalue weighted by Crippen LogP contribution is 2.42. The summed E-state index contributed by atoms with van der Waals surface area (Å²) in [5.41, 5.74) is 0. The Balaban J connectivity index is 1.38. The highest BCUT2D eigenvalue weighted by molar-refractivity contribution is 7.73. The summed E-state index contributed by atoms with van der Waals surface area (Å²) in [6.45, 7) is 2.27. The van der Waals surface area contributed by atoms with Crippen molar-refractivity contribution < 1.29 is 0 Å². The van der Waals surface area contributed by atoms with Gasteiger partial charge in [0.05, 0.1) is 0 Å². The van der Waals surface area contributed by atoms with Crippen LogP contribution in [0.2, 0.25) is 0 Å². The van der Waals surface area contributed by atoms with Crippen LogP contribution in [0.3, 0.4) is 0 Å². The van der Waals surface area contributed by atoms with Crippen LogP contribution in [-0.2, 0) is 6.42 Å². The summed E-state index contributed by atoms with van der Waals surface area (Å²) >= 11 is 25.7. The van der Waals surface area contributed by atoms with Crippen LogP contribution in [0.1, 0.15) is 50.3 Å². The van der Waals surface area contributed by atoms with Crippen molar-refractivity contribution in [2.45, 2.75) is 51.9 Å². The minimum absolute atomic E-state index is 0.889. The maximum absolute atomic E-state index is 6.16. The van der Waals surface area contributed by atoms with Crippen LogP contribution >= 0.6 is 78.6 Å². The largest absolute Gasteiger partial charge is 0.383 e. The first kappa shape index (κ1) is 25.0. The lowest BCUT2D eigenvalue weighted by molar-refractivity contribution is 0.609. The van der Waals surface area contributed by atoms with Gasteiger partial charge in [0.25, 0.3) is 0 Å². The van der Waals surface area contributed by atoms with Gasteiger partial charge in [0.15, 0.2) is 0 Å². The van der Waals surface area contributed by atoms with Crippen LogP contribution in [-0.4, -0.2) is 6.00 Å². The molecule has 4 rings (SSSR count). The van der Waals surface area contributed by atoms with Crippen LogP contribution in [0.25, 0.3) is 29.3 Å². The molecule has 170 valence electrons. The molecule has 0 unspecified atom stereocenters. The topological polar surface area (TPSA) is 0 Å². The molecule has 0 amide bonds. The predicted octanol–water partition coefficient (Wildman–Crippen LogP) is 10.7. The van der Waals surface area contributed by atoms with Gasteiger partial charge in [0, 0.05) is 38.6 Å². The Hall–Kier alpha value is -0.113. The van der Waals surface area contributed by atoms with E-state index < -0.39 is 6.00 Å². The highest BCUT2D eigenvalue weighted by atomic mass is 35.8. The van der Waals surface area contributed by atoms with Crippen molar-refractivity contribution in [2.24, 2.45) is 0 Å². The molecular formula is C24H25Cl3S4Si. The number of hydrogen-bond donors (Lipinski definition) is 0. The zero-order valence-electron chi connectivity index (χ0n) is 17.8.